The highest BCUT2D eigenvalue weighted by Crippen LogP contribution is 2.08. The van der Waals surface area contributed by atoms with Crippen LogP contribution in [0.25, 0.3) is 0 Å². The Balaban J connectivity index is 1.93. The molecule has 0 aromatic heterocycles. The van der Waals surface area contributed by atoms with E-state index in [2.05, 4.69) is 21.3 Å². The van der Waals surface area contributed by atoms with E-state index in [0.717, 1.165) is 5.01 Å². The van der Waals surface area contributed by atoms with Crippen LogP contribution in [0.1, 0.15) is 12.5 Å². The smallest absolute Gasteiger partial charge is 0.307 e. The standard InChI is InChI=1S/C12H12N6O2/c1-8-7-18(12(20)16-15-8)17-11(19)14-10-4-2-9(6-13)3-5-10/h2-5H,7H2,1H3,(H,16,20)(H2,14,17,19). The fraction of sp³-hybridized carbons (Fsp3) is 0.167. The Labute approximate surface area is 115 Å². The summed E-state index contributed by atoms with van der Waals surface area (Å²) in [6.45, 7) is 1.94. The van der Waals surface area contributed by atoms with Crippen molar-refractivity contribution in [1.29, 1.82) is 5.26 Å². The van der Waals surface area contributed by atoms with E-state index < -0.39 is 12.1 Å². The van der Waals surface area contributed by atoms with Crippen molar-refractivity contribution in [2.24, 2.45) is 5.10 Å². The molecule has 0 saturated heterocycles. The molecule has 0 saturated carbocycles. The van der Waals surface area contributed by atoms with Crippen LogP contribution in [0.15, 0.2) is 29.4 Å². The Morgan fingerprint density at radius 3 is 2.80 bits per heavy atom. The van der Waals surface area contributed by atoms with Gasteiger partial charge < -0.3 is 5.32 Å². The zero-order chi connectivity index (χ0) is 14.5. The van der Waals surface area contributed by atoms with E-state index in [4.69, 9.17) is 5.26 Å². The van der Waals surface area contributed by atoms with Crippen LogP contribution in [0, 0.1) is 11.3 Å². The number of benzene rings is 1. The van der Waals surface area contributed by atoms with Gasteiger partial charge in [-0.05, 0) is 31.2 Å². The second-order valence-corrected chi connectivity index (χ2v) is 4.11. The molecule has 3 N–H and O–H groups in total. The summed E-state index contributed by atoms with van der Waals surface area (Å²) in [5.41, 5.74) is 6.35. The zero-order valence-corrected chi connectivity index (χ0v) is 10.7. The molecule has 8 heteroatoms. The Bertz CT molecular complexity index is 601. The Kier molecular flexibility index (Phi) is 3.81. The summed E-state index contributed by atoms with van der Waals surface area (Å²) in [6.07, 6.45) is 0. The van der Waals surface area contributed by atoms with Gasteiger partial charge in [-0.1, -0.05) is 0 Å². The highest BCUT2D eigenvalue weighted by molar-refractivity contribution is 5.95. The molecule has 102 valence electrons. The van der Waals surface area contributed by atoms with Crippen LogP contribution < -0.4 is 16.2 Å². The van der Waals surface area contributed by atoms with Gasteiger partial charge in [0.1, 0.15) is 0 Å². The molecule has 1 aromatic carbocycles. The van der Waals surface area contributed by atoms with Crippen LogP contribution in [-0.2, 0) is 0 Å². The van der Waals surface area contributed by atoms with Gasteiger partial charge in [0.15, 0.2) is 0 Å². The molecule has 0 bridgehead atoms. The third-order valence-electron chi connectivity index (χ3n) is 2.48. The molecule has 0 aliphatic carbocycles. The molecule has 1 aliphatic rings. The number of hydrogen-bond acceptors (Lipinski definition) is 4. The average Bonchev–Trinajstić information content (AvgIpc) is 2.43. The quantitative estimate of drug-likeness (QED) is 0.746. The average molecular weight is 272 g/mol. The summed E-state index contributed by atoms with van der Waals surface area (Å²) in [7, 11) is 0. The Morgan fingerprint density at radius 2 is 2.15 bits per heavy atom. The first-order valence-electron chi connectivity index (χ1n) is 5.77. The number of hydrazone groups is 1. The molecule has 0 fully saturated rings. The summed E-state index contributed by atoms with van der Waals surface area (Å²) < 4.78 is 0. The lowest BCUT2D eigenvalue weighted by atomic mass is 10.2. The minimum absolute atomic E-state index is 0.215. The molecule has 4 amide bonds. The molecular formula is C12H12N6O2. The van der Waals surface area contributed by atoms with Crippen molar-refractivity contribution in [2.45, 2.75) is 6.92 Å². The van der Waals surface area contributed by atoms with Gasteiger partial charge in [0.25, 0.3) is 0 Å². The van der Waals surface area contributed by atoms with Gasteiger partial charge in [-0.3, -0.25) is 0 Å². The maximum absolute atomic E-state index is 11.7. The highest BCUT2D eigenvalue weighted by Gasteiger charge is 2.20. The Hall–Kier alpha value is -3.08. The maximum Gasteiger partial charge on any atom is 0.356 e. The molecule has 1 aliphatic heterocycles. The lowest BCUT2D eigenvalue weighted by Crippen LogP contribution is -2.55. The first-order valence-corrected chi connectivity index (χ1v) is 5.77. The third kappa shape index (κ3) is 3.23. The first-order chi connectivity index (χ1) is 9.58. The van der Waals surface area contributed by atoms with Crippen LogP contribution in [0.3, 0.4) is 0 Å². The fourth-order valence-electron chi connectivity index (χ4n) is 1.54. The number of nitrogens with zero attached hydrogens (tertiary/aromatic N) is 3. The zero-order valence-electron chi connectivity index (χ0n) is 10.7. The van der Waals surface area contributed by atoms with E-state index in [-0.39, 0.29) is 6.54 Å². The van der Waals surface area contributed by atoms with Crippen molar-refractivity contribution in [1.82, 2.24) is 15.9 Å². The van der Waals surface area contributed by atoms with E-state index >= 15 is 0 Å². The number of urea groups is 2. The van der Waals surface area contributed by atoms with Crippen LogP contribution >= 0.6 is 0 Å². The summed E-state index contributed by atoms with van der Waals surface area (Å²) >= 11 is 0. The van der Waals surface area contributed by atoms with Crippen molar-refractivity contribution in [3.63, 3.8) is 0 Å². The summed E-state index contributed by atoms with van der Waals surface area (Å²) in [4.78, 5) is 23.2. The number of rotatable bonds is 2. The maximum atomic E-state index is 11.7. The predicted molar refractivity (Wildman–Crippen MR) is 71.7 cm³/mol. The molecule has 1 heterocycles. The summed E-state index contributed by atoms with van der Waals surface area (Å²) in [6, 6.07) is 7.28. The van der Waals surface area contributed by atoms with Gasteiger partial charge in [0, 0.05) is 5.69 Å². The topological polar surface area (TPSA) is 110 Å². The minimum Gasteiger partial charge on any atom is -0.307 e. The number of hydrogen-bond donors (Lipinski definition) is 3. The molecule has 0 unspecified atom stereocenters. The second kappa shape index (κ2) is 5.71. The first kappa shape index (κ1) is 13.4. The summed E-state index contributed by atoms with van der Waals surface area (Å²) in [5, 5.41) is 16.1. The largest absolute Gasteiger partial charge is 0.356 e. The van der Waals surface area contributed by atoms with Crippen LogP contribution in [0.2, 0.25) is 0 Å². The van der Waals surface area contributed by atoms with Crippen LogP contribution in [0.5, 0.6) is 0 Å². The lowest BCUT2D eigenvalue weighted by molar-refractivity contribution is 0.177. The number of carbonyl (C=O) groups excluding carboxylic acids is 2. The molecule has 0 spiro atoms. The lowest BCUT2D eigenvalue weighted by Gasteiger charge is -2.25. The predicted octanol–water partition coefficient (Wildman–Crippen LogP) is 0.996. The summed E-state index contributed by atoms with van der Waals surface area (Å²) in [5.74, 6) is 0. The number of anilines is 1. The Morgan fingerprint density at radius 1 is 1.45 bits per heavy atom. The molecule has 2 rings (SSSR count). The van der Waals surface area contributed by atoms with E-state index in [9.17, 15) is 9.59 Å². The van der Waals surface area contributed by atoms with Crippen LogP contribution in [-0.4, -0.2) is 29.3 Å². The third-order valence-corrected chi connectivity index (χ3v) is 2.48. The van der Waals surface area contributed by atoms with Crippen molar-refractivity contribution >= 4 is 23.5 Å². The monoisotopic (exact) mass is 272 g/mol. The number of nitrogens with one attached hydrogen (secondary N) is 3. The van der Waals surface area contributed by atoms with Crippen molar-refractivity contribution in [3.8, 4) is 6.07 Å². The highest BCUT2D eigenvalue weighted by atomic mass is 16.2. The van der Waals surface area contributed by atoms with Gasteiger partial charge in [0.05, 0.1) is 23.9 Å². The van der Waals surface area contributed by atoms with E-state index in [1.54, 1.807) is 31.2 Å². The van der Waals surface area contributed by atoms with E-state index in [1.807, 2.05) is 6.07 Å². The number of carbonyl (C=O) groups is 2. The number of nitriles is 1. The van der Waals surface area contributed by atoms with Gasteiger partial charge >= 0.3 is 12.1 Å². The van der Waals surface area contributed by atoms with Crippen molar-refractivity contribution < 1.29 is 9.59 Å². The SMILES string of the molecule is CC1=NNC(=O)N(NC(=O)Nc2ccc(C#N)cc2)C1. The fourth-order valence-corrected chi connectivity index (χ4v) is 1.54. The van der Waals surface area contributed by atoms with E-state index in [0.29, 0.717) is 17.0 Å². The van der Waals surface area contributed by atoms with Gasteiger partial charge in [-0.2, -0.15) is 10.4 Å². The second-order valence-electron chi connectivity index (χ2n) is 4.11. The normalized spacial score (nSPS) is 13.9. The number of amides is 4. The van der Waals surface area contributed by atoms with Crippen molar-refractivity contribution in [2.75, 3.05) is 11.9 Å². The van der Waals surface area contributed by atoms with Gasteiger partial charge in [0.2, 0.25) is 0 Å². The molecule has 8 nitrogen and oxygen atoms in total. The number of hydrazine groups is 1. The van der Waals surface area contributed by atoms with E-state index in [1.165, 1.54) is 0 Å². The molecule has 0 radical (unpaired) electrons. The molecular weight excluding hydrogens is 260 g/mol. The molecule has 0 atom stereocenters. The van der Waals surface area contributed by atoms with Crippen LogP contribution in [0.4, 0.5) is 15.3 Å². The van der Waals surface area contributed by atoms with Gasteiger partial charge in [-0.25, -0.2) is 25.4 Å². The van der Waals surface area contributed by atoms with Crippen molar-refractivity contribution in [3.05, 3.63) is 29.8 Å². The van der Waals surface area contributed by atoms with Gasteiger partial charge in [-0.15, -0.1) is 0 Å². The molecule has 20 heavy (non-hydrogen) atoms. The molecule has 1 aromatic rings. The minimum atomic E-state index is -0.556.